The molecule has 0 saturated carbocycles. The lowest BCUT2D eigenvalue weighted by atomic mass is 10.0. The summed E-state index contributed by atoms with van der Waals surface area (Å²) in [5, 5.41) is 5.26. The van der Waals surface area contributed by atoms with Gasteiger partial charge in [0.1, 0.15) is 17.7 Å². The maximum atomic E-state index is 12.7. The fourth-order valence-electron chi connectivity index (χ4n) is 2.42. The van der Waals surface area contributed by atoms with Crippen LogP contribution in [0.1, 0.15) is 40.2 Å². The van der Waals surface area contributed by atoms with Gasteiger partial charge in [-0.05, 0) is 32.3 Å². The number of ether oxygens (including phenoxy) is 2. The Labute approximate surface area is 160 Å². The maximum Gasteiger partial charge on any atom is 0.408 e. The Kier molecular flexibility index (Phi) is 8.28. The molecule has 7 nitrogen and oxygen atoms in total. The summed E-state index contributed by atoms with van der Waals surface area (Å²) in [6, 6.07) is 7.60. The van der Waals surface area contributed by atoms with Crippen LogP contribution in [0.2, 0.25) is 0 Å². The SMILES string of the molecule is COC(=O)[C@H](Cc1ccccc1)NC(=O)[C@H](NC(=O)OC(C)(C)C)C(C)C. The second-order valence-electron chi connectivity index (χ2n) is 7.64. The number of alkyl carbamates (subject to hydrolysis) is 1. The molecule has 7 heteroatoms. The first-order valence-corrected chi connectivity index (χ1v) is 8.95. The third-order valence-electron chi connectivity index (χ3n) is 3.71. The zero-order valence-corrected chi connectivity index (χ0v) is 16.9. The van der Waals surface area contributed by atoms with Crippen molar-refractivity contribution < 1.29 is 23.9 Å². The van der Waals surface area contributed by atoms with Gasteiger partial charge in [0.25, 0.3) is 0 Å². The predicted molar refractivity (Wildman–Crippen MR) is 102 cm³/mol. The fourth-order valence-corrected chi connectivity index (χ4v) is 2.42. The van der Waals surface area contributed by atoms with Gasteiger partial charge < -0.3 is 20.1 Å². The lowest BCUT2D eigenvalue weighted by molar-refractivity contribution is -0.145. The monoisotopic (exact) mass is 378 g/mol. The van der Waals surface area contributed by atoms with Gasteiger partial charge in [0.05, 0.1) is 7.11 Å². The van der Waals surface area contributed by atoms with Crippen LogP contribution in [0.3, 0.4) is 0 Å². The van der Waals surface area contributed by atoms with Crippen LogP contribution in [-0.4, -0.2) is 42.8 Å². The third kappa shape index (κ3) is 8.11. The second-order valence-corrected chi connectivity index (χ2v) is 7.64. The molecule has 150 valence electrons. The topological polar surface area (TPSA) is 93.7 Å². The number of carbonyl (C=O) groups excluding carboxylic acids is 3. The molecule has 1 aromatic carbocycles. The summed E-state index contributed by atoms with van der Waals surface area (Å²) in [4.78, 5) is 36.9. The molecule has 2 atom stereocenters. The summed E-state index contributed by atoms with van der Waals surface area (Å²) in [6.07, 6.45) is -0.398. The van der Waals surface area contributed by atoms with Crippen LogP contribution < -0.4 is 10.6 Å². The van der Waals surface area contributed by atoms with E-state index in [1.165, 1.54) is 7.11 Å². The standard InChI is InChI=1S/C20H30N2O5/c1-13(2)16(22-19(25)27-20(3,4)5)17(23)21-15(18(24)26-6)12-14-10-8-7-9-11-14/h7-11,13,15-16H,12H2,1-6H3,(H,21,23)(H,22,25)/t15-,16+/m0/s1. The smallest absolute Gasteiger partial charge is 0.408 e. The van der Waals surface area contributed by atoms with Crippen molar-refractivity contribution in [2.75, 3.05) is 7.11 Å². The molecule has 2 amide bonds. The van der Waals surface area contributed by atoms with Gasteiger partial charge in [-0.3, -0.25) is 4.79 Å². The highest BCUT2D eigenvalue weighted by atomic mass is 16.6. The molecule has 27 heavy (non-hydrogen) atoms. The molecular weight excluding hydrogens is 348 g/mol. The number of amides is 2. The third-order valence-corrected chi connectivity index (χ3v) is 3.71. The summed E-state index contributed by atoms with van der Waals surface area (Å²) >= 11 is 0. The number of esters is 1. The van der Waals surface area contributed by atoms with E-state index >= 15 is 0 Å². The van der Waals surface area contributed by atoms with Crippen molar-refractivity contribution in [2.45, 2.75) is 58.7 Å². The molecule has 0 radical (unpaired) electrons. The van der Waals surface area contributed by atoms with E-state index in [2.05, 4.69) is 10.6 Å². The molecule has 0 fully saturated rings. The Hall–Kier alpha value is -2.57. The first-order chi connectivity index (χ1) is 12.5. The van der Waals surface area contributed by atoms with Crippen LogP contribution >= 0.6 is 0 Å². The number of methoxy groups -OCH3 is 1. The molecule has 0 spiro atoms. The van der Waals surface area contributed by atoms with Crippen molar-refractivity contribution in [3.8, 4) is 0 Å². The van der Waals surface area contributed by atoms with Gasteiger partial charge in [0.15, 0.2) is 0 Å². The van der Waals surface area contributed by atoms with Crippen molar-refractivity contribution in [1.29, 1.82) is 0 Å². The van der Waals surface area contributed by atoms with E-state index in [9.17, 15) is 14.4 Å². The maximum absolute atomic E-state index is 12.7. The van der Waals surface area contributed by atoms with Gasteiger partial charge in [-0.2, -0.15) is 0 Å². The highest BCUT2D eigenvalue weighted by Gasteiger charge is 2.30. The lowest BCUT2D eigenvalue weighted by Crippen LogP contribution is -2.55. The van der Waals surface area contributed by atoms with Crippen molar-refractivity contribution in [3.05, 3.63) is 35.9 Å². The quantitative estimate of drug-likeness (QED) is 0.711. The van der Waals surface area contributed by atoms with Gasteiger partial charge in [-0.15, -0.1) is 0 Å². The zero-order valence-electron chi connectivity index (χ0n) is 16.9. The normalized spacial score (nSPS) is 13.4. The average molecular weight is 378 g/mol. The average Bonchev–Trinajstić information content (AvgIpc) is 2.57. The van der Waals surface area contributed by atoms with Gasteiger partial charge in [0, 0.05) is 6.42 Å². The Morgan fingerprint density at radius 1 is 1.04 bits per heavy atom. The van der Waals surface area contributed by atoms with Crippen molar-refractivity contribution in [3.63, 3.8) is 0 Å². The number of nitrogens with one attached hydrogen (secondary N) is 2. The summed E-state index contributed by atoms with van der Waals surface area (Å²) < 4.78 is 10.0. The van der Waals surface area contributed by atoms with Crippen LogP contribution in [-0.2, 0) is 25.5 Å². The van der Waals surface area contributed by atoms with Crippen LogP contribution in [0.15, 0.2) is 30.3 Å². The lowest BCUT2D eigenvalue weighted by Gasteiger charge is -2.26. The van der Waals surface area contributed by atoms with Crippen molar-refractivity contribution in [1.82, 2.24) is 10.6 Å². The van der Waals surface area contributed by atoms with E-state index in [-0.39, 0.29) is 12.3 Å². The van der Waals surface area contributed by atoms with E-state index in [1.54, 1.807) is 34.6 Å². The number of rotatable bonds is 7. The molecule has 0 bridgehead atoms. The molecule has 0 saturated heterocycles. The minimum absolute atomic E-state index is 0.201. The number of carbonyl (C=O) groups is 3. The van der Waals surface area contributed by atoms with Gasteiger partial charge in [-0.1, -0.05) is 44.2 Å². The predicted octanol–water partition coefficient (Wildman–Crippen LogP) is 2.44. The molecule has 0 heterocycles. The number of hydrogen-bond donors (Lipinski definition) is 2. The summed E-state index contributed by atoms with van der Waals surface area (Å²) in [5.74, 6) is -1.22. The summed E-state index contributed by atoms with van der Waals surface area (Å²) in [5.41, 5.74) is 0.207. The molecule has 0 aliphatic rings. The number of hydrogen-bond acceptors (Lipinski definition) is 5. The van der Waals surface area contributed by atoms with Crippen LogP contribution in [0.4, 0.5) is 4.79 Å². The minimum atomic E-state index is -0.855. The van der Waals surface area contributed by atoms with Crippen molar-refractivity contribution in [2.24, 2.45) is 5.92 Å². The Morgan fingerprint density at radius 3 is 2.11 bits per heavy atom. The van der Waals surface area contributed by atoms with Crippen molar-refractivity contribution >= 4 is 18.0 Å². The largest absolute Gasteiger partial charge is 0.467 e. The zero-order chi connectivity index (χ0) is 20.6. The fraction of sp³-hybridized carbons (Fsp3) is 0.550. The Balaban J connectivity index is 2.85. The van der Waals surface area contributed by atoms with Gasteiger partial charge >= 0.3 is 12.1 Å². The number of benzene rings is 1. The molecule has 1 aromatic rings. The molecule has 0 aromatic heterocycles. The molecule has 0 aliphatic heterocycles. The van der Waals surface area contributed by atoms with Gasteiger partial charge in [-0.25, -0.2) is 9.59 Å². The highest BCUT2D eigenvalue weighted by molar-refractivity contribution is 5.90. The van der Waals surface area contributed by atoms with E-state index in [1.807, 2.05) is 30.3 Å². The van der Waals surface area contributed by atoms with E-state index in [4.69, 9.17) is 9.47 Å². The van der Waals surface area contributed by atoms with E-state index in [0.717, 1.165) is 5.56 Å². The summed E-state index contributed by atoms with van der Waals surface area (Å²) in [6.45, 7) is 8.82. The van der Waals surface area contributed by atoms with Crippen LogP contribution in [0.25, 0.3) is 0 Å². The second kappa shape index (κ2) is 9.94. The Morgan fingerprint density at radius 2 is 1.63 bits per heavy atom. The molecule has 2 N–H and O–H groups in total. The first-order valence-electron chi connectivity index (χ1n) is 8.95. The first kappa shape index (κ1) is 22.5. The molecule has 0 unspecified atom stereocenters. The van der Waals surface area contributed by atoms with Crippen LogP contribution in [0, 0.1) is 5.92 Å². The van der Waals surface area contributed by atoms with E-state index in [0.29, 0.717) is 0 Å². The van der Waals surface area contributed by atoms with Gasteiger partial charge in [0.2, 0.25) is 5.91 Å². The summed E-state index contributed by atoms with van der Waals surface area (Å²) in [7, 11) is 1.27. The van der Waals surface area contributed by atoms with E-state index < -0.39 is 35.7 Å². The molecular formula is C20H30N2O5. The van der Waals surface area contributed by atoms with Crippen LogP contribution in [0.5, 0.6) is 0 Å². The molecule has 1 rings (SSSR count). The highest BCUT2D eigenvalue weighted by Crippen LogP contribution is 2.10. The Bertz CT molecular complexity index is 638. The molecule has 0 aliphatic carbocycles. The minimum Gasteiger partial charge on any atom is -0.467 e.